The Kier molecular flexibility index (Phi) is 4.52. The van der Waals surface area contributed by atoms with E-state index in [-0.39, 0.29) is 12.6 Å². The van der Waals surface area contributed by atoms with Gasteiger partial charge in [0.1, 0.15) is 0 Å². The summed E-state index contributed by atoms with van der Waals surface area (Å²) in [7, 11) is 0. The maximum Gasteiger partial charge on any atom is 0.0895 e. The third-order valence-corrected chi connectivity index (χ3v) is 2.08. The summed E-state index contributed by atoms with van der Waals surface area (Å²) < 4.78 is 0. The van der Waals surface area contributed by atoms with Crippen LogP contribution in [0, 0.1) is 0 Å². The van der Waals surface area contributed by atoms with Crippen LogP contribution in [-0.2, 0) is 0 Å². The Morgan fingerprint density at radius 2 is 2.07 bits per heavy atom. The Morgan fingerprint density at radius 1 is 1.43 bits per heavy atom. The van der Waals surface area contributed by atoms with Crippen LogP contribution < -0.4 is 5.32 Å². The fourth-order valence-corrected chi connectivity index (χ4v) is 1.15. The van der Waals surface area contributed by atoms with Gasteiger partial charge in [0, 0.05) is 25.0 Å². The molecule has 4 nitrogen and oxygen atoms in total. The van der Waals surface area contributed by atoms with Gasteiger partial charge in [-0.25, -0.2) is 0 Å². The number of aliphatic hydroxyl groups is 2. The summed E-state index contributed by atoms with van der Waals surface area (Å²) in [5, 5.41) is 20.9. The zero-order valence-corrected chi connectivity index (χ0v) is 8.22. The number of aliphatic hydroxyl groups excluding tert-OH is 2. The number of hydrogen-bond acceptors (Lipinski definition) is 4. The first-order chi connectivity index (χ1) is 6.74. The molecule has 0 bridgehead atoms. The molecule has 1 aromatic rings. The number of nitrogens with zero attached hydrogens (tertiary/aromatic N) is 1. The van der Waals surface area contributed by atoms with Crippen LogP contribution in [0.3, 0.4) is 0 Å². The summed E-state index contributed by atoms with van der Waals surface area (Å²) >= 11 is 0. The molecule has 0 saturated carbocycles. The van der Waals surface area contributed by atoms with E-state index in [0.29, 0.717) is 6.54 Å². The lowest BCUT2D eigenvalue weighted by molar-refractivity contribution is 0.0924. The average molecular weight is 196 g/mol. The topological polar surface area (TPSA) is 65.4 Å². The molecule has 0 aromatic carbocycles. The van der Waals surface area contributed by atoms with Gasteiger partial charge in [-0.05, 0) is 24.6 Å². The van der Waals surface area contributed by atoms with Gasteiger partial charge >= 0.3 is 0 Å². The van der Waals surface area contributed by atoms with Crippen molar-refractivity contribution in [3.8, 4) is 0 Å². The lowest BCUT2D eigenvalue weighted by atomic mass is 10.1. The second-order valence-electron chi connectivity index (χ2n) is 3.25. The summed E-state index contributed by atoms with van der Waals surface area (Å²) in [6.45, 7) is 2.18. The van der Waals surface area contributed by atoms with Gasteiger partial charge in [-0.1, -0.05) is 0 Å². The van der Waals surface area contributed by atoms with Crippen LogP contribution in [-0.4, -0.2) is 34.5 Å². The van der Waals surface area contributed by atoms with Crippen molar-refractivity contribution in [1.82, 2.24) is 10.3 Å². The van der Waals surface area contributed by atoms with Crippen molar-refractivity contribution in [2.24, 2.45) is 0 Å². The highest BCUT2D eigenvalue weighted by Crippen LogP contribution is 2.09. The molecule has 0 saturated heterocycles. The predicted octanol–water partition coefficient (Wildman–Crippen LogP) is 0.0854. The monoisotopic (exact) mass is 196 g/mol. The molecule has 1 aromatic heterocycles. The van der Waals surface area contributed by atoms with Gasteiger partial charge in [-0.3, -0.25) is 4.98 Å². The third-order valence-electron chi connectivity index (χ3n) is 2.08. The van der Waals surface area contributed by atoms with E-state index in [9.17, 15) is 0 Å². The van der Waals surface area contributed by atoms with E-state index in [2.05, 4.69) is 10.3 Å². The molecule has 3 N–H and O–H groups in total. The molecule has 0 aliphatic rings. The van der Waals surface area contributed by atoms with Crippen molar-refractivity contribution >= 4 is 0 Å². The number of aromatic nitrogens is 1. The van der Waals surface area contributed by atoms with Crippen molar-refractivity contribution in [3.05, 3.63) is 30.1 Å². The van der Waals surface area contributed by atoms with Crippen LogP contribution in [0.1, 0.15) is 18.5 Å². The van der Waals surface area contributed by atoms with Crippen molar-refractivity contribution in [2.75, 3.05) is 13.2 Å². The van der Waals surface area contributed by atoms with Crippen molar-refractivity contribution in [1.29, 1.82) is 0 Å². The quantitative estimate of drug-likeness (QED) is 0.624. The lowest BCUT2D eigenvalue weighted by Gasteiger charge is -2.15. The molecule has 0 spiro atoms. The second kappa shape index (κ2) is 5.70. The highest BCUT2D eigenvalue weighted by molar-refractivity contribution is 5.13. The number of pyridine rings is 1. The SMILES string of the molecule is C[C@@H](NC[C@H](O)CO)c1ccncc1. The number of rotatable bonds is 5. The first kappa shape index (κ1) is 11.1. The van der Waals surface area contributed by atoms with E-state index in [1.54, 1.807) is 12.4 Å². The molecule has 1 rings (SSSR count). The van der Waals surface area contributed by atoms with E-state index < -0.39 is 6.10 Å². The van der Waals surface area contributed by atoms with Gasteiger partial charge in [0.2, 0.25) is 0 Å². The molecular weight excluding hydrogens is 180 g/mol. The van der Waals surface area contributed by atoms with Crippen molar-refractivity contribution in [2.45, 2.75) is 19.1 Å². The standard InChI is InChI=1S/C10H16N2O2/c1-8(12-6-10(14)7-13)9-2-4-11-5-3-9/h2-5,8,10,12-14H,6-7H2,1H3/t8-,10+/m1/s1. The van der Waals surface area contributed by atoms with E-state index >= 15 is 0 Å². The van der Waals surface area contributed by atoms with Gasteiger partial charge in [-0.2, -0.15) is 0 Å². The minimum absolute atomic E-state index is 0.152. The summed E-state index contributed by atoms with van der Waals surface area (Å²) in [5.74, 6) is 0. The summed E-state index contributed by atoms with van der Waals surface area (Å²) in [5.41, 5.74) is 1.12. The van der Waals surface area contributed by atoms with Crippen LogP contribution >= 0.6 is 0 Å². The Labute approximate surface area is 83.6 Å². The van der Waals surface area contributed by atoms with Crippen LogP contribution in [0.25, 0.3) is 0 Å². The molecule has 2 atom stereocenters. The highest BCUT2D eigenvalue weighted by Gasteiger charge is 2.06. The zero-order valence-electron chi connectivity index (χ0n) is 8.22. The average Bonchev–Trinajstić information content (AvgIpc) is 2.26. The van der Waals surface area contributed by atoms with Crippen LogP contribution in [0.15, 0.2) is 24.5 Å². The van der Waals surface area contributed by atoms with Gasteiger partial charge < -0.3 is 15.5 Å². The normalized spacial score (nSPS) is 15.1. The summed E-state index contributed by atoms with van der Waals surface area (Å²) in [6.07, 6.45) is 2.77. The van der Waals surface area contributed by atoms with Gasteiger partial charge in [0.25, 0.3) is 0 Å². The van der Waals surface area contributed by atoms with Gasteiger partial charge in [-0.15, -0.1) is 0 Å². The number of hydrogen-bond donors (Lipinski definition) is 3. The molecule has 4 heteroatoms. The molecule has 1 heterocycles. The lowest BCUT2D eigenvalue weighted by Crippen LogP contribution is -2.31. The van der Waals surface area contributed by atoms with Crippen molar-refractivity contribution in [3.63, 3.8) is 0 Å². The van der Waals surface area contributed by atoms with E-state index in [1.807, 2.05) is 19.1 Å². The first-order valence-electron chi connectivity index (χ1n) is 4.66. The molecule has 0 unspecified atom stereocenters. The molecule has 0 radical (unpaired) electrons. The Morgan fingerprint density at radius 3 is 2.64 bits per heavy atom. The van der Waals surface area contributed by atoms with E-state index in [4.69, 9.17) is 10.2 Å². The predicted molar refractivity (Wildman–Crippen MR) is 53.7 cm³/mol. The molecule has 0 amide bonds. The minimum Gasteiger partial charge on any atom is -0.394 e. The molecular formula is C10H16N2O2. The van der Waals surface area contributed by atoms with Gasteiger partial charge in [0.05, 0.1) is 12.7 Å². The molecule has 0 fully saturated rings. The minimum atomic E-state index is -0.695. The van der Waals surface area contributed by atoms with Crippen LogP contribution in [0.2, 0.25) is 0 Å². The van der Waals surface area contributed by atoms with E-state index in [1.165, 1.54) is 0 Å². The largest absolute Gasteiger partial charge is 0.394 e. The second-order valence-corrected chi connectivity index (χ2v) is 3.25. The maximum atomic E-state index is 9.13. The highest BCUT2D eigenvalue weighted by atomic mass is 16.3. The summed E-state index contributed by atoms with van der Waals surface area (Å²) in [6, 6.07) is 3.99. The summed E-state index contributed by atoms with van der Waals surface area (Å²) in [4.78, 5) is 3.92. The fourth-order valence-electron chi connectivity index (χ4n) is 1.15. The third kappa shape index (κ3) is 3.41. The first-order valence-corrected chi connectivity index (χ1v) is 4.66. The van der Waals surface area contributed by atoms with Crippen LogP contribution in [0.4, 0.5) is 0 Å². The van der Waals surface area contributed by atoms with Gasteiger partial charge in [0.15, 0.2) is 0 Å². The number of nitrogens with one attached hydrogen (secondary N) is 1. The van der Waals surface area contributed by atoms with Crippen LogP contribution in [0.5, 0.6) is 0 Å². The Hall–Kier alpha value is -0.970. The zero-order chi connectivity index (χ0) is 10.4. The Balaban J connectivity index is 2.39. The Bertz CT molecular complexity index is 254. The fraction of sp³-hybridized carbons (Fsp3) is 0.500. The molecule has 0 aliphatic carbocycles. The molecule has 0 aliphatic heterocycles. The molecule has 78 valence electrons. The van der Waals surface area contributed by atoms with E-state index in [0.717, 1.165) is 5.56 Å². The molecule has 14 heavy (non-hydrogen) atoms. The maximum absolute atomic E-state index is 9.13. The smallest absolute Gasteiger partial charge is 0.0895 e. The van der Waals surface area contributed by atoms with Crippen molar-refractivity contribution < 1.29 is 10.2 Å².